The van der Waals surface area contributed by atoms with Gasteiger partial charge in [0.25, 0.3) is 0 Å². The molecule has 3 aromatic rings. The summed E-state index contributed by atoms with van der Waals surface area (Å²) in [6, 6.07) is 19.1. The number of carboxylic acids is 1. The molecular weight excluding hydrogens is 312 g/mol. The van der Waals surface area contributed by atoms with Crippen molar-refractivity contribution in [1.29, 1.82) is 0 Å². The minimum Gasteiger partial charge on any atom is -0.549 e. The Labute approximate surface area is 137 Å². The van der Waals surface area contributed by atoms with Gasteiger partial charge in [0.05, 0.1) is 11.7 Å². The van der Waals surface area contributed by atoms with E-state index in [0.717, 1.165) is 23.1 Å². The first-order valence-electron chi connectivity index (χ1n) is 6.89. The Morgan fingerprint density at radius 1 is 1.04 bits per heavy atom. The van der Waals surface area contributed by atoms with Crippen molar-refractivity contribution in [3.8, 4) is 5.69 Å². The number of aromatic nitrogens is 3. The molecule has 0 atom stereocenters. The fraction of sp³-hybridized carbons (Fsp3) is 0.0625. The van der Waals surface area contributed by atoms with Crippen molar-refractivity contribution in [2.75, 3.05) is 11.1 Å². The predicted octanol–water partition coefficient (Wildman–Crippen LogP) is 1.85. The highest BCUT2D eigenvalue weighted by molar-refractivity contribution is 7.99. The van der Waals surface area contributed by atoms with Crippen LogP contribution in [-0.2, 0) is 4.79 Å². The number of carbonyl (C=O) groups excluding carboxylic acids is 1. The van der Waals surface area contributed by atoms with E-state index in [1.54, 1.807) is 4.57 Å². The molecule has 3 rings (SSSR count). The Hall–Kier alpha value is -2.80. The summed E-state index contributed by atoms with van der Waals surface area (Å²) in [5, 5.41) is 22.6. The van der Waals surface area contributed by atoms with Crippen LogP contribution in [0.15, 0.2) is 65.8 Å². The van der Waals surface area contributed by atoms with Crippen molar-refractivity contribution < 1.29 is 9.90 Å². The molecule has 0 amide bonds. The summed E-state index contributed by atoms with van der Waals surface area (Å²) in [4.78, 5) is 10.7. The largest absolute Gasteiger partial charge is 0.549 e. The lowest BCUT2D eigenvalue weighted by Crippen LogP contribution is -2.24. The third kappa shape index (κ3) is 3.70. The summed E-state index contributed by atoms with van der Waals surface area (Å²) in [6.45, 7) is 0. The lowest BCUT2D eigenvalue weighted by atomic mass is 10.3. The molecule has 0 unspecified atom stereocenters. The number of carboxylic acid groups (broad SMARTS) is 1. The van der Waals surface area contributed by atoms with Crippen molar-refractivity contribution in [3.05, 3.63) is 60.7 Å². The topological polar surface area (TPSA) is 82.9 Å². The highest BCUT2D eigenvalue weighted by atomic mass is 32.2. The van der Waals surface area contributed by atoms with Crippen LogP contribution < -0.4 is 10.4 Å². The number of aliphatic carboxylic acids is 1. The second-order valence-corrected chi connectivity index (χ2v) is 5.57. The van der Waals surface area contributed by atoms with Crippen molar-refractivity contribution in [1.82, 2.24) is 14.8 Å². The summed E-state index contributed by atoms with van der Waals surface area (Å²) >= 11 is 1.07. The van der Waals surface area contributed by atoms with E-state index in [-0.39, 0.29) is 5.75 Å². The molecule has 0 aliphatic rings. The number of para-hydroxylation sites is 2. The Balaban J connectivity index is 1.97. The number of thioether (sulfide) groups is 1. The van der Waals surface area contributed by atoms with Gasteiger partial charge in [-0.2, -0.15) is 0 Å². The molecule has 2 aromatic carbocycles. The molecule has 0 saturated heterocycles. The van der Waals surface area contributed by atoms with Gasteiger partial charge in [0.1, 0.15) is 0 Å². The first-order chi connectivity index (χ1) is 11.2. The number of rotatable bonds is 6. The maximum atomic E-state index is 10.7. The highest BCUT2D eigenvalue weighted by Gasteiger charge is 2.14. The van der Waals surface area contributed by atoms with Gasteiger partial charge in [-0.3, -0.25) is 4.57 Å². The molecule has 0 aliphatic heterocycles. The number of nitrogens with zero attached hydrogens (tertiary/aromatic N) is 3. The maximum absolute atomic E-state index is 10.7. The summed E-state index contributed by atoms with van der Waals surface area (Å²) in [5.41, 5.74) is 1.71. The average molecular weight is 325 g/mol. The van der Waals surface area contributed by atoms with Crippen LogP contribution in [0.25, 0.3) is 5.69 Å². The predicted molar refractivity (Wildman–Crippen MR) is 86.8 cm³/mol. The van der Waals surface area contributed by atoms with Gasteiger partial charge in [0.2, 0.25) is 5.95 Å². The molecule has 6 nitrogen and oxygen atoms in total. The van der Waals surface area contributed by atoms with Crippen LogP contribution in [0.2, 0.25) is 0 Å². The molecular formula is C16H13N4O2S-. The van der Waals surface area contributed by atoms with E-state index in [0.29, 0.717) is 11.1 Å². The zero-order valence-electron chi connectivity index (χ0n) is 12.0. The Morgan fingerprint density at radius 3 is 2.35 bits per heavy atom. The first-order valence-corrected chi connectivity index (χ1v) is 7.88. The number of hydrogen-bond donors (Lipinski definition) is 1. The lowest BCUT2D eigenvalue weighted by molar-refractivity contribution is -0.301. The van der Waals surface area contributed by atoms with Crippen LogP contribution in [0, 0.1) is 0 Å². The fourth-order valence-electron chi connectivity index (χ4n) is 2.03. The number of nitrogens with one attached hydrogen (secondary N) is 1. The second-order valence-electron chi connectivity index (χ2n) is 4.63. The Morgan fingerprint density at radius 2 is 1.70 bits per heavy atom. The van der Waals surface area contributed by atoms with E-state index in [4.69, 9.17) is 0 Å². The highest BCUT2D eigenvalue weighted by Crippen LogP contribution is 2.26. The van der Waals surface area contributed by atoms with Crippen molar-refractivity contribution in [3.63, 3.8) is 0 Å². The van der Waals surface area contributed by atoms with Gasteiger partial charge in [0.15, 0.2) is 5.16 Å². The van der Waals surface area contributed by atoms with Crippen molar-refractivity contribution >= 4 is 29.4 Å². The summed E-state index contributed by atoms with van der Waals surface area (Å²) < 4.78 is 1.78. The normalized spacial score (nSPS) is 10.4. The van der Waals surface area contributed by atoms with Gasteiger partial charge in [-0.1, -0.05) is 48.2 Å². The third-order valence-corrected chi connectivity index (χ3v) is 3.90. The number of hydrogen-bond acceptors (Lipinski definition) is 6. The molecule has 0 fully saturated rings. The lowest BCUT2D eigenvalue weighted by Gasteiger charge is -2.11. The van der Waals surface area contributed by atoms with E-state index < -0.39 is 5.97 Å². The second kappa shape index (κ2) is 6.97. The molecule has 23 heavy (non-hydrogen) atoms. The van der Waals surface area contributed by atoms with Crippen molar-refractivity contribution in [2.24, 2.45) is 0 Å². The summed E-state index contributed by atoms with van der Waals surface area (Å²) in [6.07, 6.45) is 0. The minimum absolute atomic E-state index is 0.184. The smallest absolute Gasteiger partial charge is 0.234 e. The van der Waals surface area contributed by atoms with Gasteiger partial charge >= 0.3 is 0 Å². The zero-order chi connectivity index (χ0) is 16.1. The SMILES string of the molecule is O=C([O-])CSc1nnc(Nc2ccccc2)n1-c1ccccc1. The molecule has 1 heterocycles. The van der Waals surface area contributed by atoms with E-state index in [1.807, 2.05) is 60.7 Å². The molecule has 7 heteroatoms. The average Bonchev–Trinajstić information content (AvgIpc) is 2.97. The van der Waals surface area contributed by atoms with Crippen LogP contribution in [0.1, 0.15) is 0 Å². The minimum atomic E-state index is -1.14. The Kier molecular flexibility index (Phi) is 4.58. The molecule has 0 aliphatic carbocycles. The van der Waals surface area contributed by atoms with E-state index >= 15 is 0 Å². The number of carbonyl (C=O) groups is 1. The molecule has 0 bridgehead atoms. The third-order valence-electron chi connectivity index (χ3n) is 3.00. The van der Waals surface area contributed by atoms with Crippen LogP contribution in [0.5, 0.6) is 0 Å². The molecule has 0 saturated carbocycles. The fourth-order valence-corrected chi connectivity index (χ4v) is 2.69. The summed E-state index contributed by atoms with van der Waals surface area (Å²) in [5.74, 6) is -0.811. The van der Waals surface area contributed by atoms with Crippen molar-refractivity contribution in [2.45, 2.75) is 5.16 Å². The van der Waals surface area contributed by atoms with Gasteiger partial charge in [-0.25, -0.2) is 0 Å². The molecule has 1 N–H and O–H groups in total. The van der Waals surface area contributed by atoms with Crippen LogP contribution in [0.4, 0.5) is 11.6 Å². The molecule has 1 aromatic heterocycles. The van der Waals surface area contributed by atoms with Crippen LogP contribution >= 0.6 is 11.8 Å². The van der Waals surface area contributed by atoms with E-state index in [2.05, 4.69) is 15.5 Å². The molecule has 0 spiro atoms. The maximum Gasteiger partial charge on any atom is 0.234 e. The van der Waals surface area contributed by atoms with Crippen LogP contribution in [0.3, 0.4) is 0 Å². The monoisotopic (exact) mass is 325 g/mol. The van der Waals surface area contributed by atoms with E-state index in [1.165, 1.54) is 0 Å². The van der Waals surface area contributed by atoms with E-state index in [9.17, 15) is 9.90 Å². The standard InChI is InChI=1S/C16H14N4O2S/c21-14(22)11-23-16-19-18-15(17-12-7-3-1-4-8-12)20(16)13-9-5-2-6-10-13/h1-10H,11H2,(H,17,18)(H,21,22)/p-1. The number of benzene rings is 2. The quantitative estimate of drug-likeness (QED) is 0.697. The van der Waals surface area contributed by atoms with Crippen LogP contribution in [-0.4, -0.2) is 26.5 Å². The van der Waals surface area contributed by atoms with Gasteiger partial charge in [-0.05, 0) is 24.3 Å². The Bertz CT molecular complexity index is 790. The van der Waals surface area contributed by atoms with Gasteiger partial charge in [0, 0.05) is 11.4 Å². The van der Waals surface area contributed by atoms with Gasteiger partial charge < -0.3 is 15.2 Å². The van der Waals surface area contributed by atoms with Gasteiger partial charge in [-0.15, -0.1) is 10.2 Å². The summed E-state index contributed by atoms with van der Waals surface area (Å²) in [7, 11) is 0. The molecule has 0 radical (unpaired) electrons. The molecule has 116 valence electrons. The first kappa shape index (κ1) is 15.1. The zero-order valence-corrected chi connectivity index (χ0v) is 12.9. The number of anilines is 2.